The summed E-state index contributed by atoms with van der Waals surface area (Å²) in [5, 5.41) is 9.37. The molecule has 0 aromatic heterocycles. The number of hydrogen-bond donors (Lipinski definition) is 1. The molecule has 0 aromatic rings. The summed E-state index contributed by atoms with van der Waals surface area (Å²) >= 11 is 0. The van der Waals surface area contributed by atoms with E-state index in [9.17, 15) is 5.11 Å². The van der Waals surface area contributed by atoms with Gasteiger partial charge < -0.3 is 5.11 Å². The summed E-state index contributed by atoms with van der Waals surface area (Å²) in [7, 11) is 0. The first-order valence-electron chi connectivity index (χ1n) is 13.2. The van der Waals surface area contributed by atoms with Crippen molar-refractivity contribution in [1.29, 1.82) is 0 Å². The van der Waals surface area contributed by atoms with Gasteiger partial charge in [-0.2, -0.15) is 0 Å². The van der Waals surface area contributed by atoms with Crippen LogP contribution < -0.4 is 0 Å². The van der Waals surface area contributed by atoms with Gasteiger partial charge in [0.15, 0.2) is 0 Å². The molecule has 5 aliphatic carbocycles. The van der Waals surface area contributed by atoms with Gasteiger partial charge >= 0.3 is 0 Å². The molecule has 0 unspecified atom stereocenters. The molecule has 5 saturated carbocycles. The van der Waals surface area contributed by atoms with Crippen molar-refractivity contribution in [2.75, 3.05) is 6.61 Å². The molecule has 1 nitrogen and oxygen atoms in total. The molecule has 0 aliphatic heterocycles. The predicted molar refractivity (Wildman–Crippen MR) is 122 cm³/mol. The molecule has 5 rings (SSSR count). The summed E-state index contributed by atoms with van der Waals surface area (Å²) in [6.45, 7) is 16.1. The average Bonchev–Trinajstić information content (AvgIpc) is 3.26. The fourth-order valence-corrected chi connectivity index (χ4v) is 11.1. The Labute approximate surface area is 180 Å². The highest BCUT2D eigenvalue weighted by Crippen LogP contribution is 2.89. The van der Waals surface area contributed by atoms with E-state index in [1.54, 1.807) is 12.8 Å². The Balaban J connectivity index is 1.45. The normalized spacial score (nSPS) is 56.0. The topological polar surface area (TPSA) is 20.2 Å². The fourth-order valence-electron chi connectivity index (χ4n) is 11.1. The van der Waals surface area contributed by atoms with Gasteiger partial charge in [-0.25, -0.2) is 0 Å². The smallest absolute Gasteiger partial charge is 0.0431 e. The minimum Gasteiger partial charge on any atom is -0.396 e. The van der Waals surface area contributed by atoms with Crippen LogP contribution in [0, 0.1) is 56.7 Å². The van der Waals surface area contributed by atoms with Crippen LogP contribution in [-0.4, -0.2) is 11.7 Å². The number of rotatable bonds is 4. The molecule has 0 radical (unpaired) electrons. The summed E-state index contributed by atoms with van der Waals surface area (Å²) in [4.78, 5) is 0. The van der Waals surface area contributed by atoms with Crippen LogP contribution in [0.15, 0.2) is 0 Å². The van der Waals surface area contributed by atoms with Crippen molar-refractivity contribution in [3.05, 3.63) is 0 Å². The van der Waals surface area contributed by atoms with Crippen LogP contribution >= 0.6 is 0 Å². The van der Waals surface area contributed by atoms with Gasteiger partial charge in [-0.15, -0.1) is 0 Å². The van der Waals surface area contributed by atoms with Crippen LogP contribution in [0.2, 0.25) is 0 Å². The average molecular weight is 401 g/mol. The lowest BCUT2D eigenvalue weighted by Crippen LogP contribution is -2.56. The SMILES string of the molecule is C[C@H](CCCO)[C@H]1CC[C@@]2(C)[C@@H]3CC[C@H]4C(C)(C)[C@@H](C)CC[C@@]45C[C@@]35CC[C@]12C. The third kappa shape index (κ3) is 2.33. The van der Waals surface area contributed by atoms with Crippen molar-refractivity contribution in [2.24, 2.45) is 56.7 Å². The summed E-state index contributed by atoms with van der Waals surface area (Å²) in [5.41, 5.74) is 3.07. The molecule has 1 N–H and O–H groups in total. The molecule has 9 atom stereocenters. The first-order valence-corrected chi connectivity index (χ1v) is 13.2. The molecular formula is C28H48O. The predicted octanol–water partition coefficient (Wildman–Crippen LogP) is 7.47. The Morgan fingerprint density at radius 3 is 2.24 bits per heavy atom. The molecule has 0 aromatic carbocycles. The van der Waals surface area contributed by atoms with Gasteiger partial charge in [0, 0.05) is 6.61 Å². The van der Waals surface area contributed by atoms with Gasteiger partial charge in [0.05, 0.1) is 0 Å². The van der Waals surface area contributed by atoms with E-state index in [0.29, 0.717) is 28.3 Å². The van der Waals surface area contributed by atoms with E-state index < -0.39 is 0 Å². The first-order chi connectivity index (χ1) is 13.6. The number of aliphatic hydroxyl groups excluding tert-OH is 1. The largest absolute Gasteiger partial charge is 0.396 e. The third-order valence-electron chi connectivity index (χ3n) is 13.2. The van der Waals surface area contributed by atoms with Gasteiger partial charge in [0.1, 0.15) is 0 Å². The fraction of sp³-hybridized carbons (Fsp3) is 1.00. The van der Waals surface area contributed by atoms with E-state index in [1.165, 1.54) is 51.4 Å². The first kappa shape index (κ1) is 20.8. The second kappa shape index (κ2) is 6.26. The molecule has 166 valence electrons. The van der Waals surface area contributed by atoms with Gasteiger partial charge in [0.2, 0.25) is 0 Å². The molecule has 5 fully saturated rings. The minimum absolute atomic E-state index is 0.370. The van der Waals surface area contributed by atoms with Gasteiger partial charge in [-0.05, 0) is 127 Å². The third-order valence-corrected chi connectivity index (χ3v) is 13.2. The van der Waals surface area contributed by atoms with E-state index in [-0.39, 0.29) is 0 Å². The Morgan fingerprint density at radius 1 is 0.828 bits per heavy atom. The zero-order valence-corrected chi connectivity index (χ0v) is 20.3. The summed E-state index contributed by atoms with van der Waals surface area (Å²) in [6.07, 6.45) is 15.8. The van der Waals surface area contributed by atoms with Crippen molar-refractivity contribution in [2.45, 2.75) is 112 Å². The molecule has 29 heavy (non-hydrogen) atoms. The Bertz CT molecular complexity index is 667. The van der Waals surface area contributed by atoms with E-state index in [1.807, 2.05) is 0 Å². The molecule has 0 heterocycles. The van der Waals surface area contributed by atoms with Crippen LogP contribution in [-0.2, 0) is 0 Å². The quantitative estimate of drug-likeness (QED) is 0.519. The number of fused-ring (bicyclic) bond motifs is 2. The lowest BCUT2D eigenvalue weighted by atomic mass is 9.41. The van der Waals surface area contributed by atoms with Crippen LogP contribution in [0.4, 0.5) is 0 Å². The molecule has 0 saturated heterocycles. The number of hydrogen-bond acceptors (Lipinski definition) is 1. The van der Waals surface area contributed by atoms with Crippen LogP contribution in [0.1, 0.15) is 112 Å². The van der Waals surface area contributed by atoms with Gasteiger partial charge in [-0.1, -0.05) is 41.5 Å². The highest BCUT2D eigenvalue weighted by atomic mass is 16.2. The lowest BCUT2D eigenvalue weighted by Gasteiger charge is -2.63. The lowest BCUT2D eigenvalue weighted by molar-refractivity contribution is -0.149. The van der Waals surface area contributed by atoms with Gasteiger partial charge in [0.25, 0.3) is 0 Å². The van der Waals surface area contributed by atoms with Gasteiger partial charge in [-0.3, -0.25) is 0 Å². The molecule has 0 bridgehead atoms. The van der Waals surface area contributed by atoms with Crippen molar-refractivity contribution >= 4 is 0 Å². The van der Waals surface area contributed by atoms with Crippen molar-refractivity contribution in [1.82, 2.24) is 0 Å². The monoisotopic (exact) mass is 400 g/mol. The van der Waals surface area contributed by atoms with Crippen LogP contribution in [0.5, 0.6) is 0 Å². The Hall–Kier alpha value is -0.0400. The highest BCUT2D eigenvalue weighted by molar-refractivity contribution is 5.30. The summed E-state index contributed by atoms with van der Waals surface area (Å²) < 4.78 is 0. The zero-order valence-electron chi connectivity index (χ0n) is 20.3. The van der Waals surface area contributed by atoms with E-state index >= 15 is 0 Å². The summed E-state index contributed by atoms with van der Waals surface area (Å²) in [5.74, 6) is 4.54. The van der Waals surface area contributed by atoms with Crippen molar-refractivity contribution in [3.8, 4) is 0 Å². The minimum atomic E-state index is 0.370. The standard InChI is InChI=1S/C28H48O/c1-19(8-7-17-29)21-12-13-26(6)23-10-9-22-24(3,4)20(2)11-14-27(22)18-28(23,27)16-15-25(21,26)5/h19-23,29H,7-18H2,1-6H3/t19-,20+,21-,22+,23+,25-,26+,27-,28+/m1/s1. The molecule has 0 amide bonds. The van der Waals surface area contributed by atoms with E-state index in [4.69, 9.17) is 0 Å². The maximum atomic E-state index is 9.37. The molecule has 1 heteroatoms. The van der Waals surface area contributed by atoms with E-state index in [0.717, 1.165) is 41.4 Å². The van der Waals surface area contributed by atoms with Crippen LogP contribution in [0.3, 0.4) is 0 Å². The zero-order chi connectivity index (χ0) is 20.9. The molecular weight excluding hydrogens is 352 g/mol. The maximum absolute atomic E-state index is 9.37. The summed E-state index contributed by atoms with van der Waals surface area (Å²) in [6, 6.07) is 0. The Morgan fingerprint density at radius 2 is 1.52 bits per heavy atom. The highest BCUT2D eigenvalue weighted by Gasteiger charge is 2.81. The van der Waals surface area contributed by atoms with Crippen LogP contribution in [0.25, 0.3) is 0 Å². The molecule has 2 spiro atoms. The molecule has 5 aliphatic rings. The Kier molecular flexibility index (Phi) is 4.50. The second-order valence-electron chi connectivity index (χ2n) is 13.8. The van der Waals surface area contributed by atoms with Crippen molar-refractivity contribution < 1.29 is 5.11 Å². The second-order valence-corrected chi connectivity index (χ2v) is 13.8. The maximum Gasteiger partial charge on any atom is 0.0431 e. The number of aliphatic hydroxyl groups is 1. The van der Waals surface area contributed by atoms with E-state index in [2.05, 4.69) is 41.5 Å². The van der Waals surface area contributed by atoms with Crippen molar-refractivity contribution in [3.63, 3.8) is 0 Å².